The molecule has 0 unspecified atom stereocenters. The topological polar surface area (TPSA) is 58.1 Å². The van der Waals surface area contributed by atoms with Crippen LogP contribution in [-0.4, -0.2) is 28.0 Å². The third-order valence-electron chi connectivity index (χ3n) is 3.27. The van der Waals surface area contributed by atoms with Gasteiger partial charge in [-0.1, -0.05) is 30.3 Å². The Morgan fingerprint density at radius 3 is 2.26 bits per heavy atom. The van der Waals surface area contributed by atoms with Gasteiger partial charge in [-0.25, -0.2) is 9.97 Å². The number of hydrogen-bond acceptors (Lipinski definition) is 4. The lowest BCUT2D eigenvalue weighted by Gasteiger charge is -2.22. The summed E-state index contributed by atoms with van der Waals surface area (Å²) in [5.41, 5.74) is 1.39. The SMILES string of the molecule is CCN(Cc1ccccc1)c1ncc(C(=O)NC(C)(C)C)cn1. The molecule has 0 bridgehead atoms. The lowest BCUT2D eigenvalue weighted by atomic mass is 10.1. The maximum absolute atomic E-state index is 12.1. The number of nitrogens with one attached hydrogen (secondary N) is 1. The van der Waals surface area contributed by atoms with Crippen molar-refractivity contribution in [3.8, 4) is 0 Å². The molecule has 2 aromatic rings. The Hall–Kier alpha value is -2.43. The molecule has 1 heterocycles. The average molecular weight is 312 g/mol. The molecule has 0 aliphatic carbocycles. The van der Waals surface area contributed by atoms with Crippen molar-refractivity contribution in [2.45, 2.75) is 39.8 Å². The van der Waals surface area contributed by atoms with E-state index in [0.29, 0.717) is 11.5 Å². The van der Waals surface area contributed by atoms with E-state index in [1.54, 1.807) is 12.4 Å². The Labute approximate surface area is 137 Å². The number of rotatable bonds is 5. The summed E-state index contributed by atoms with van der Waals surface area (Å²) in [4.78, 5) is 22.9. The molecule has 1 aromatic heterocycles. The van der Waals surface area contributed by atoms with E-state index in [9.17, 15) is 4.79 Å². The van der Waals surface area contributed by atoms with Gasteiger partial charge in [-0.3, -0.25) is 4.79 Å². The van der Waals surface area contributed by atoms with Gasteiger partial charge in [-0.2, -0.15) is 0 Å². The molecule has 5 nitrogen and oxygen atoms in total. The minimum absolute atomic E-state index is 0.157. The highest BCUT2D eigenvalue weighted by Gasteiger charge is 2.16. The Balaban J connectivity index is 2.09. The number of carbonyl (C=O) groups excluding carboxylic acids is 1. The largest absolute Gasteiger partial charge is 0.347 e. The van der Waals surface area contributed by atoms with Gasteiger partial charge in [0.2, 0.25) is 5.95 Å². The summed E-state index contributed by atoms with van der Waals surface area (Å²) < 4.78 is 0. The third-order valence-corrected chi connectivity index (χ3v) is 3.27. The van der Waals surface area contributed by atoms with Crippen LogP contribution in [0.15, 0.2) is 42.7 Å². The first-order valence-corrected chi connectivity index (χ1v) is 7.82. The van der Waals surface area contributed by atoms with Gasteiger partial charge in [0.1, 0.15) is 0 Å². The molecule has 1 N–H and O–H groups in total. The molecule has 1 amide bonds. The molecule has 2 rings (SSSR count). The van der Waals surface area contributed by atoms with Gasteiger partial charge in [-0.05, 0) is 33.3 Å². The molecule has 1 aromatic carbocycles. The maximum Gasteiger partial charge on any atom is 0.254 e. The van der Waals surface area contributed by atoms with Crippen LogP contribution in [-0.2, 0) is 6.54 Å². The fraction of sp³-hybridized carbons (Fsp3) is 0.389. The van der Waals surface area contributed by atoms with E-state index in [2.05, 4.69) is 39.2 Å². The van der Waals surface area contributed by atoms with Gasteiger partial charge in [-0.15, -0.1) is 0 Å². The third kappa shape index (κ3) is 5.06. The smallest absolute Gasteiger partial charge is 0.254 e. The summed E-state index contributed by atoms with van der Waals surface area (Å²) in [6.07, 6.45) is 3.16. The first kappa shape index (κ1) is 16.9. The van der Waals surface area contributed by atoms with Gasteiger partial charge < -0.3 is 10.2 Å². The fourth-order valence-electron chi connectivity index (χ4n) is 2.14. The molecule has 122 valence electrons. The summed E-state index contributed by atoms with van der Waals surface area (Å²) in [5.74, 6) is 0.471. The van der Waals surface area contributed by atoms with E-state index in [0.717, 1.165) is 13.1 Å². The zero-order valence-electron chi connectivity index (χ0n) is 14.2. The zero-order chi connectivity index (χ0) is 16.9. The van der Waals surface area contributed by atoms with Crippen molar-refractivity contribution >= 4 is 11.9 Å². The van der Waals surface area contributed by atoms with Crippen molar-refractivity contribution in [3.05, 3.63) is 53.9 Å². The van der Waals surface area contributed by atoms with Crippen LogP contribution in [0.1, 0.15) is 43.6 Å². The van der Waals surface area contributed by atoms with E-state index in [1.807, 2.05) is 39.0 Å². The number of amides is 1. The monoisotopic (exact) mass is 312 g/mol. The van der Waals surface area contributed by atoms with Crippen LogP contribution in [0.25, 0.3) is 0 Å². The van der Waals surface area contributed by atoms with Crippen molar-refractivity contribution in [2.75, 3.05) is 11.4 Å². The molecule has 0 radical (unpaired) electrons. The van der Waals surface area contributed by atoms with E-state index >= 15 is 0 Å². The van der Waals surface area contributed by atoms with Crippen molar-refractivity contribution < 1.29 is 4.79 Å². The molecule has 0 aliphatic heterocycles. The quantitative estimate of drug-likeness (QED) is 0.922. The lowest BCUT2D eigenvalue weighted by molar-refractivity contribution is 0.0919. The molecule has 0 saturated carbocycles. The van der Waals surface area contributed by atoms with Crippen LogP contribution < -0.4 is 10.2 Å². The second-order valence-electron chi connectivity index (χ2n) is 6.48. The van der Waals surface area contributed by atoms with Crippen molar-refractivity contribution in [1.29, 1.82) is 0 Å². The zero-order valence-corrected chi connectivity index (χ0v) is 14.2. The van der Waals surface area contributed by atoms with Gasteiger partial charge in [0.25, 0.3) is 5.91 Å². The highest BCUT2D eigenvalue weighted by Crippen LogP contribution is 2.12. The molecule has 23 heavy (non-hydrogen) atoms. The number of nitrogens with zero attached hydrogens (tertiary/aromatic N) is 3. The van der Waals surface area contributed by atoms with Crippen molar-refractivity contribution in [2.24, 2.45) is 0 Å². The van der Waals surface area contributed by atoms with Gasteiger partial charge in [0, 0.05) is 31.0 Å². The van der Waals surface area contributed by atoms with Crippen LogP contribution in [0.2, 0.25) is 0 Å². The summed E-state index contributed by atoms with van der Waals surface area (Å²) in [6, 6.07) is 10.2. The summed E-state index contributed by atoms with van der Waals surface area (Å²) >= 11 is 0. The normalized spacial score (nSPS) is 11.1. The predicted molar refractivity (Wildman–Crippen MR) is 92.4 cm³/mol. The highest BCUT2D eigenvalue weighted by atomic mass is 16.1. The summed E-state index contributed by atoms with van der Waals surface area (Å²) in [5, 5.41) is 2.91. The molecular weight excluding hydrogens is 288 g/mol. The summed E-state index contributed by atoms with van der Waals surface area (Å²) in [6.45, 7) is 9.43. The predicted octanol–water partition coefficient (Wildman–Crippen LogP) is 3.03. The Kier molecular flexibility index (Phi) is 5.32. The number of aromatic nitrogens is 2. The van der Waals surface area contributed by atoms with E-state index in [4.69, 9.17) is 0 Å². The van der Waals surface area contributed by atoms with Crippen LogP contribution in [0, 0.1) is 0 Å². The number of anilines is 1. The number of carbonyl (C=O) groups is 1. The standard InChI is InChI=1S/C18H24N4O/c1-5-22(13-14-9-7-6-8-10-14)17-19-11-15(12-20-17)16(23)21-18(2,3)4/h6-12H,5,13H2,1-4H3,(H,21,23). The molecule has 0 saturated heterocycles. The van der Waals surface area contributed by atoms with Crippen LogP contribution in [0.4, 0.5) is 5.95 Å². The first-order valence-electron chi connectivity index (χ1n) is 7.82. The Bertz CT molecular complexity index is 632. The molecule has 0 fully saturated rings. The van der Waals surface area contributed by atoms with E-state index in [-0.39, 0.29) is 11.4 Å². The lowest BCUT2D eigenvalue weighted by Crippen LogP contribution is -2.40. The Morgan fingerprint density at radius 1 is 1.13 bits per heavy atom. The van der Waals surface area contributed by atoms with Crippen molar-refractivity contribution in [3.63, 3.8) is 0 Å². The highest BCUT2D eigenvalue weighted by molar-refractivity contribution is 5.94. The fourth-order valence-corrected chi connectivity index (χ4v) is 2.14. The first-order chi connectivity index (χ1) is 10.9. The summed E-state index contributed by atoms with van der Waals surface area (Å²) in [7, 11) is 0. The maximum atomic E-state index is 12.1. The van der Waals surface area contributed by atoms with Crippen LogP contribution >= 0.6 is 0 Å². The van der Waals surface area contributed by atoms with Crippen molar-refractivity contribution in [1.82, 2.24) is 15.3 Å². The van der Waals surface area contributed by atoms with E-state index < -0.39 is 0 Å². The Morgan fingerprint density at radius 2 is 1.74 bits per heavy atom. The second-order valence-corrected chi connectivity index (χ2v) is 6.48. The molecule has 0 aliphatic rings. The number of hydrogen-bond donors (Lipinski definition) is 1. The van der Waals surface area contributed by atoms with Crippen LogP contribution in [0.5, 0.6) is 0 Å². The molecule has 5 heteroatoms. The van der Waals surface area contributed by atoms with E-state index in [1.165, 1.54) is 5.56 Å². The number of benzene rings is 1. The van der Waals surface area contributed by atoms with Gasteiger partial charge in [0.15, 0.2) is 0 Å². The minimum atomic E-state index is -0.279. The second kappa shape index (κ2) is 7.22. The average Bonchev–Trinajstić information content (AvgIpc) is 2.52. The van der Waals surface area contributed by atoms with Gasteiger partial charge in [0.05, 0.1) is 5.56 Å². The molecular formula is C18H24N4O. The van der Waals surface area contributed by atoms with Crippen LogP contribution in [0.3, 0.4) is 0 Å². The molecule has 0 atom stereocenters. The minimum Gasteiger partial charge on any atom is -0.347 e. The molecule has 0 spiro atoms. The van der Waals surface area contributed by atoms with Gasteiger partial charge >= 0.3 is 0 Å².